The molecule has 0 saturated heterocycles. The lowest BCUT2D eigenvalue weighted by Gasteiger charge is -2.19. The Kier molecular flexibility index (Phi) is 4.46. The van der Waals surface area contributed by atoms with Crippen LogP contribution in [0.25, 0.3) is 0 Å². The van der Waals surface area contributed by atoms with Gasteiger partial charge in [0.2, 0.25) is 0 Å². The highest BCUT2D eigenvalue weighted by Crippen LogP contribution is 2.24. The molecule has 0 aliphatic rings. The minimum absolute atomic E-state index is 0.0887. The summed E-state index contributed by atoms with van der Waals surface area (Å²) in [6, 6.07) is 10.3. The van der Waals surface area contributed by atoms with E-state index in [1.165, 1.54) is 5.56 Å². The molecule has 4 nitrogen and oxygen atoms in total. The number of nitrogens with zero attached hydrogens (tertiary/aromatic N) is 2. The lowest BCUT2D eigenvalue weighted by Crippen LogP contribution is -2.17. The highest BCUT2D eigenvalue weighted by molar-refractivity contribution is 5.60. The van der Waals surface area contributed by atoms with Crippen molar-refractivity contribution in [3.63, 3.8) is 0 Å². The Morgan fingerprint density at radius 1 is 1.05 bits per heavy atom. The van der Waals surface area contributed by atoms with Gasteiger partial charge in [-0.1, -0.05) is 39.8 Å². The molecule has 4 heteroatoms. The van der Waals surface area contributed by atoms with Gasteiger partial charge in [0.25, 0.3) is 0 Å². The van der Waals surface area contributed by atoms with Crippen molar-refractivity contribution in [2.24, 2.45) is 0 Å². The second-order valence-electron chi connectivity index (χ2n) is 6.14. The smallest absolute Gasteiger partial charge is 0.138 e. The van der Waals surface area contributed by atoms with Crippen LogP contribution in [0, 0.1) is 0 Å². The average Bonchev–Trinajstić information content (AvgIpc) is 2.46. The Balaban J connectivity index is 2.34. The average molecular weight is 284 g/mol. The second kappa shape index (κ2) is 6.12. The van der Waals surface area contributed by atoms with Crippen molar-refractivity contribution >= 4 is 17.3 Å². The van der Waals surface area contributed by atoms with E-state index in [4.69, 9.17) is 0 Å². The summed E-state index contributed by atoms with van der Waals surface area (Å²) < 4.78 is 0. The van der Waals surface area contributed by atoms with Gasteiger partial charge in [0.15, 0.2) is 0 Å². The molecule has 21 heavy (non-hydrogen) atoms. The summed E-state index contributed by atoms with van der Waals surface area (Å²) >= 11 is 0. The van der Waals surface area contributed by atoms with Gasteiger partial charge in [-0.2, -0.15) is 0 Å². The monoisotopic (exact) mass is 284 g/mol. The maximum absolute atomic E-state index is 4.64. The van der Waals surface area contributed by atoms with Gasteiger partial charge in [-0.15, -0.1) is 0 Å². The largest absolute Gasteiger partial charge is 0.373 e. The van der Waals surface area contributed by atoms with Gasteiger partial charge in [-0.05, 0) is 24.1 Å². The Morgan fingerprint density at radius 2 is 1.76 bits per heavy atom. The number of hydrogen-bond donors (Lipinski definition) is 2. The van der Waals surface area contributed by atoms with Gasteiger partial charge in [0.1, 0.15) is 17.5 Å². The summed E-state index contributed by atoms with van der Waals surface area (Å²) in [6.07, 6.45) is 1.02. The third kappa shape index (κ3) is 3.94. The molecule has 2 aromatic rings. The van der Waals surface area contributed by atoms with E-state index in [2.05, 4.69) is 72.6 Å². The molecule has 0 spiro atoms. The molecule has 1 heterocycles. The molecule has 1 aromatic heterocycles. The molecule has 0 atom stereocenters. The summed E-state index contributed by atoms with van der Waals surface area (Å²) in [5, 5.41) is 6.47. The van der Waals surface area contributed by atoms with Crippen molar-refractivity contribution in [1.82, 2.24) is 9.97 Å². The molecule has 0 fully saturated rings. The third-order valence-electron chi connectivity index (χ3n) is 3.26. The lowest BCUT2D eigenvalue weighted by atomic mass is 9.96. The predicted molar refractivity (Wildman–Crippen MR) is 89.4 cm³/mol. The van der Waals surface area contributed by atoms with Crippen molar-refractivity contribution in [2.75, 3.05) is 17.7 Å². The highest BCUT2D eigenvalue weighted by atomic mass is 15.1. The van der Waals surface area contributed by atoms with Crippen LogP contribution in [0.1, 0.15) is 39.1 Å². The van der Waals surface area contributed by atoms with E-state index in [-0.39, 0.29) is 5.41 Å². The summed E-state index contributed by atoms with van der Waals surface area (Å²) in [4.78, 5) is 9.18. The molecule has 0 bridgehead atoms. The van der Waals surface area contributed by atoms with Gasteiger partial charge in [-0.3, -0.25) is 0 Å². The van der Waals surface area contributed by atoms with Gasteiger partial charge < -0.3 is 10.6 Å². The van der Waals surface area contributed by atoms with E-state index in [0.29, 0.717) is 0 Å². The predicted octanol–water partition coefficient (Wildman–Crippen LogP) is 4.12. The van der Waals surface area contributed by atoms with E-state index in [1.54, 1.807) is 0 Å². The fourth-order valence-corrected chi connectivity index (χ4v) is 1.99. The molecule has 0 unspecified atom stereocenters. The van der Waals surface area contributed by atoms with Crippen LogP contribution in [-0.4, -0.2) is 17.0 Å². The highest BCUT2D eigenvalue weighted by Gasteiger charge is 2.19. The summed E-state index contributed by atoms with van der Waals surface area (Å²) in [7, 11) is 1.87. The van der Waals surface area contributed by atoms with E-state index in [0.717, 1.165) is 29.6 Å². The topological polar surface area (TPSA) is 49.8 Å². The molecule has 0 saturated carbocycles. The van der Waals surface area contributed by atoms with Crippen molar-refractivity contribution < 1.29 is 0 Å². The number of benzene rings is 1. The standard InChI is InChI=1S/C17H24N4/c1-6-12-8-7-9-13(10-12)19-15-11-14(18-5)20-16(21-15)17(2,3)4/h7-11H,6H2,1-5H3,(H2,18,19,20,21). The fraction of sp³-hybridized carbons (Fsp3) is 0.412. The number of rotatable bonds is 4. The molecule has 0 radical (unpaired) electrons. The molecular formula is C17H24N4. The summed E-state index contributed by atoms with van der Waals surface area (Å²) in [5.41, 5.74) is 2.27. The first-order valence-corrected chi connectivity index (χ1v) is 7.35. The molecular weight excluding hydrogens is 260 g/mol. The molecule has 0 amide bonds. The zero-order valence-corrected chi connectivity index (χ0v) is 13.5. The summed E-state index contributed by atoms with van der Waals surface area (Å²) in [5.74, 6) is 2.46. The normalized spacial score (nSPS) is 11.3. The zero-order valence-electron chi connectivity index (χ0n) is 13.5. The van der Waals surface area contributed by atoms with E-state index >= 15 is 0 Å². The van der Waals surface area contributed by atoms with E-state index in [1.807, 2.05) is 13.1 Å². The first-order chi connectivity index (χ1) is 9.92. The van der Waals surface area contributed by atoms with Crippen molar-refractivity contribution in [3.8, 4) is 0 Å². The number of aryl methyl sites for hydroxylation is 1. The van der Waals surface area contributed by atoms with Gasteiger partial charge in [-0.25, -0.2) is 9.97 Å². The fourth-order valence-electron chi connectivity index (χ4n) is 1.99. The SMILES string of the molecule is CCc1cccc(Nc2cc(NC)nc(C(C)(C)C)n2)c1. The second-order valence-corrected chi connectivity index (χ2v) is 6.14. The Labute approximate surface area is 127 Å². The van der Waals surface area contributed by atoms with Crippen LogP contribution in [0.4, 0.5) is 17.3 Å². The quantitative estimate of drug-likeness (QED) is 0.886. The van der Waals surface area contributed by atoms with Crippen molar-refractivity contribution in [1.29, 1.82) is 0 Å². The maximum Gasteiger partial charge on any atom is 0.138 e. The van der Waals surface area contributed by atoms with Gasteiger partial charge in [0, 0.05) is 24.2 Å². The minimum Gasteiger partial charge on any atom is -0.373 e. The number of nitrogens with one attached hydrogen (secondary N) is 2. The lowest BCUT2D eigenvalue weighted by molar-refractivity contribution is 0.547. The third-order valence-corrected chi connectivity index (χ3v) is 3.26. The number of anilines is 3. The molecule has 0 aliphatic carbocycles. The van der Waals surface area contributed by atoms with Crippen molar-refractivity contribution in [3.05, 3.63) is 41.7 Å². The van der Waals surface area contributed by atoms with Crippen LogP contribution in [-0.2, 0) is 11.8 Å². The minimum atomic E-state index is -0.0887. The van der Waals surface area contributed by atoms with Crippen LogP contribution in [0.2, 0.25) is 0 Å². The van der Waals surface area contributed by atoms with Crippen molar-refractivity contribution in [2.45, 2.75) is 39.5 Å². The summed E-state index contributed by atoms with van der Waals surface area (Å²) in [6.45, 7) is 8.50. The maximum atomic E-state index is 4.64. The van der Waals surface area contributed by atoms with Crippen LogP contribution >= 0.6 is 0 Å². The Hall–Kier alpha value is -2.10. The van der Waals surface area contributed by atoms with E-state index < -0.39 is 0 Å². The van der Waals surface area contributed by atoms with Crippen LogP contribution in [0.5, 0.6) is 0 Å². The van der Waals surface area contributed by atoms with Crippen LogP contribution in [0.3, 0.4) is 0 Å². The molecule has 0 aliphatic heterocycles. The number of hydrogen-bond acceptors (Lipinski definition) is 4. The Bertz CT molecular complexity index is 614. The van der Waals surface area contributed by atoms with Crippen LogP contribution < -0.4 is 10.6 Å². The first kappa shape index (κ1) is 15.3. The first-order valence-electron chi connectivity index (χ1n) is 7.35. The van der Waals surface area contributed by atoms with Gasteiger partial charge in [0.05, 0.1) is 0 Å². The zero-order chi connectivity index (χ0) is 15.5. The molecule has 112 valence electrons. The van der Waals surface area contributed by atoms with Crippen LogP contribution in [0.15, 0.2) is 30.3 Å². The molecule has 1 aromatic carbocycles. The van der Waals surface area contributed by atoms with Gasteiger partial charge >= 0.3 is 0 Å². The molecule has 2 N–H and O–H groups in total. The number of aromatic nitrogens is 2. The van der Waals surface area contributed by atoms with E-state index in [9.17, 15) is 0 Å². The Morgan fingerprint density at radius 3 is 2.38 bits per heavy atom. The molecule has 2 rings (SSSR count).